The molecule has 1 amide bonds. The van der Waals surface area contributed by atoms with Gasteiger partial charge in [0.2, 0.25) is 5.91 Å². The topological polar surface area (TPSA) is 57.6 Å². The summed E-state index contributed by atoms with van der Waals surface area (Å²) in [7, 11) is 0. The summed E-state index contributed by atoms with van der Waals surface area (Å²) in [4.78, 5) is 24.7. The average Bonchev–Trinajstić information content (AvgIpc) is 2.64. The lowest BCUT2D eigenvalue weighted by atomic mass is 9.86. The predicted octanol–water partition coefficient (Wildman–Crippen LogP) is 4.19. The van der Waals surface area contributed by atoms with Crippen molar-refractivity contribution in [2.45, 2.75) is 44.4 Å². The van der Waals surface area contributed by atoms with E-state index in [9.17, 15) is 9.59 Å². The van der Waals surface area contributed by atoms with Gasteiger partial charge in [0.1, 0.15) is 0 Å². The van der Waals surface area contributed by atoms with Gasteiger partial charge in [0.05, 0.1) is 0 Å². The minimum Gasteiger partial charge on any atom is -0.481 e. The second-order valence-electron chi connectivity index (χ2n) is 6.82. The Morgan fingerprint density at radius 2 is 1.64 bits per heavy atom. The third-order valence-electron chi connectivity index (χ3n) is 5.14. The van der Waals surface area contributed by atoms with E-state index >= 15 is 0 Å². The summed E-state index contributed by atoms with van der Waals surface area (Å²) in [5.74, 6) is -0.118. The van der Waals surface area contributed by atoms with Gasteiger partial charge in [-0.15, -0.1) is 0 Å². The van der Waals surface area contributed by atoms with Crippen LogP contribution in [-0.4, -0.2) is 35.0 Å². The van der Waals surface area contributed by atoms with Crippen molar-refractivity contribution in [1.82, 2.24) is 4.90 Å². The van der Waals surface area contributed by atoms with Gasteiger partial charge >= 0.3 is 5.97 Å². The Morgan fingerprint density at radius 1 is 0.960 bits per heavy atom. The molecule has 132 valence electrons. The predicted molar refractivity (Wildman–Crippen MR) is 98.6 cm³/mol. The van der Waals surface area contributed by atoms with Gasteiger partial charge in [-0.2, -0.15) is 0 Å². The fourth-order valence-electron chi connectivity index (χ4n) is 3.76. The van der Waals surface area contributed by atoms with Crippen LogP contribution < -0.4 is 0 Å². The van der Waals surface area contributed by atoms with Gasteiger partial charge in [0.25, 0.3) is 0 Å². The largest absolute Gasteiger partial charge is 0.481 e. The van der Waals surface area contributed by atoms with Gasteiger partial charge in [-0.1, -0.05) is 42.5 Å². The molecule has 2 aromatic carbocycles. The van der Waals surface area contributed by atoms with Crippen LogP contribution in [0.4, 0.5) is 0 Å². The number of likely N-dealkylation sites (tertiary alicyclic amines) is 1. The van der Waals surface area contributed by atoms with Crippen molar-refractivity contribution in [3.8, 4) is 0 Å². The Bertz CT molecular complexity index is 742. The molecule has 0 unspecified atom stereocenters. The molecule has 0 aliphatic carbocycles. The summed E-state index contributed by atoms with van der Waals surface area (Å²) in [6.07, 6.45) is 3.84. The monoisotopic (exact) mass is 339 g/mol. The third-order valence-corrected chi connectivity index (χ3v) is 5.14. The van der Waals surface area contributed by atoms with Crippen LogP contribution in [0.25, 0.3) is 10.8 Å². The standard InChI is InChI=1S/C21H25NO3/c23-20(10-3-4-11-21(24)25)22-14-12-17(13-15-22)19-9-5-7-16-6-1-2-8-18(16)19/h1-2,5-9,17H,3-4,10-15H2,(H,24,25). The van der Waals surface area contributed by atoms with Gasteiger partial charge in [-0.05, 0) is 47.9 Å². The van der Waals surface area contributed by atoms with Crippen LogP contribution in [0.15, 0.2) is 42.5 Å². The maximum atomic E-state index is 12.3. The van der Waals surface area contributed by atoms with Gasteiger partial charge in [0, 0.05) is 25.9 Å². The third kappa shape index (κ3) is 4.38. The van der Waals surface area contributed by atoms with E-state index in [0.29, 0.717) is 25.2 Å². The number of benzene rings is 2. The Labute approximate surface area is 148 Å². The van der Waals surface area contributed by atoms with E-state index in [1.165, 1.54) is 16.3 Å². The average molecular weight is 339 g/mol. The van der Waals surface area contributed by atoms with Crippen molar-refractivity contribution in [1.29, 1.82) is 0 Å². The molecule has 1 saturated heterocycles. The van der Waals surface area contributed by atoms with Gasteiger partial charge in [-0.25, -0.2) is 0 Å². The first-order valence-corrected chi connectivity index (χ1v) is 9.12. The Balaban J connectivity index is 1.55. The van der Waals surface area contributed by atoms with E-state index in [2.05, 4.69) is 42.5 Å². The minimum absolute atomic E-state index is 0.149. The lowest BCUT2D eigenvalue weighted by Gasteiger charge is -2.33. The Kier molecular flexibility index (Phi) is 5.69. The number of unbranched alkanes of at least 4 members (excludes halogenated alkanes) is 1. The number of fused-ring (bicyclic) bond motifs is 1. The number of rotatable bonds is 6. The minimum atomic E-state index is -0.789. The number of carbonyl (C=O) groups is 2. The lowest BCUT2D eigenvalue weighted by molar-refractivity contribution is -0.137. The summed E-state index contributed by atoms with van der Waals surface area (Å²) in [6.45, 7) is 1.59. The first-order chi connectivity index (χ1) is 12.1. The molecule has 4 nitrogen and oxygen atoms in total. The number of nitrogens with zero attached hydrogens (tertiary/aromatic N) is 1. The smallest absolute Gasteiger partial charge is 0.303 e. The fourth-order valence-corrected chi connectivity index (χ4v) is 3.76. The van der Waals surface area contributed by atoms with Crippen LogP contribution in [0.2, 0.25) is 0 Å². The second kappa shape index (κ2) is 8.15. The van der Waals surface area contributed by atoms with Gasteiger partial charge in [-0.3, -0.25) is 9.59 Å². The molecular weight excluding hydrogens is 314 g/mol. The summed E-state index contributed by atoms with van der Waals surface area (Å²) < 4.78 is 0. The molecule has 1 heterocycles. The van der Waals surface area contributed by atoms with Crippen LogP contribution in [0.3, 0.4) is 0 Å². The molecule has 25 heavy (non-hydrogen) atoms. The van der Waals surface area contributed by atoms with Crippen molar-refractivity contribution in [2.75, 3.05) is 13.1 Å². The lowest BCUT2D eigenvalue weighted by Crippen LogP contribution is -2.37. The molecule has 0 aromatic heterocycles. The van der Waals surface area contributed by atoms with E-state index in [1.807, 2.05) is 4.90 Å². The normalized spacial score (nSPS) is 15.4. The summed E-state index contributed by atoms with van der Waals surface area (Å²) in [5, 5.41) is 11.2. The zero-order chi connectivity index (χ0) is 17.6. The highest BCUT2D eigenvalue weighted by molar-refractivity contribution is 5.86. The van der Waals surface area contributed by atoms with E-state index in [-0.39, 0.29) is 12.3 Å². The summed E-state index contributed by atoms with van der Waals surface area (Å²) in [6, 6.07) is 15.0. The highest BCUT2D eigenvalue weighted by atomic mass is 16.4. The maximum absolute atomic E-state index is 12.3. The van der Waals surface area contributed by atoms with Crippen molar-refractivity contribution in [3.05, 3.63) is 48.0 Å². The molecule has 4 heteroatoms. The molecular formula is C21H25NO3. The van der Waals surface area contributed by atoms with Crippen molar-refractivity contribution >= 4 is 22.6 Å². The number of piperidine rings is 1. The molecule has 1 N–H and O–H groups in total. The Hall–Kier alpha value is -2.36. The number of hydrogen-bond donors (Lipinski definition) is 1. The molecule has 1 aliphatic rings. The molecule has 0 spiro atoms. The second-order valence-corrected chi connectivity index (χ2v) is 6.82. The maximum Gasteiger partial charge on any atom is 0.303 e. The molecule has 1 fully saturated rings. The number of carbonyl (C=O) groups excluding carboxylic acids is 1. The number of carboxylic acids is 1. The van der Waals surface area contributed by atoms with Crippen LogP contribution in [0.5, 0.6) is 0 Å². The Morgan fingerprint density at radius 3 is 2.40 bits per heavy atom. The zero-order valence-corrected chi connectivity index (χ0v) is 14.5. The number of aliphatic carboxylic acids is 1. The number of hydrogen-bond acceptors (Lipinski definition) is 2. The summed E-state index contributed by atoms with van der Waals surface area (Å²) >= 11 is 0. The molecule has 3 rings (SSSR count). The quantitative estimate of drug-likeness (QED) is 0.803. The van der Waals surface area contributed by atoms with Gasteiger partial charge in [0.15, 0.2) is 0 Å². The van der Waals surface area contributed by atoms with E-state index in [1.54, 1.807) is 0 Å². The molecule has 0 saturated carbocycles. The van der Waals surface area contributed by atoms with E-state index in [4.69, 9.17) is 5.11 Å². The van der Waals surface area contributed by atoms with Crippen LogP contribution >= 0.6 is 0 Å². The van der Waals surface area contributed by atoms with E-state index < -0.39 is 5.97 Å². The van der Waals surface area contributed by atoms with Crippen LogP contribution in [0.1, 0.15) is 50.0 Å². The van der Waals surface area contributed by atoms with Gasteiger partial charge < -0.3 is 10.0 Å². The SMILES string of the molecule is O=C(O)CCCCC(=O)N1CCC(c2cccc3ccccc23)CC1. The molecule has 2 aromatic rings. The van der Waals surface area contributed by atoms with Crippen LogP contribution in [-0.2, 0) is 9.59 Å². The fraction of sp³-hybridized carbons (Fsp3) is 0.429. The van der Waals surface area contributed by atoms with Crippen molar-refractivity contribution < 1.29 is 14.7 Å². The highest BCUT2D eigenvalue weighted by Crippen LogP contribution is 2.33. The molecule has 0 bridgehead atoms. The zero-order valence-electron chi connectivity index (χ0n) is 14.5. The highest BCUT2D eigenvalue weighted by Gasteiger charge is 2.24. The summed E-state index contributed by atoms with van der Waals surface area (Å²) in [5.41, 5.74) is 1.40. The number of amides is 1. The molecule has 0 radical (unpaired) electrons. The molecule has 1 aliphatic heterocycles. The van der Waals surface area contributed by atoms with Crippen molar-refractivity contribution in [3.63, 3.8) is 0 Å². The van der Waals surface area contributed by atoms with E-state index in [0.717, 1.165) is 25.9 Å². The van der Waals surface area contributed by atoms with Crippen molar-refractivity contribution in [2.24, 2.45) is 0 Å². The first-order valence-electron chi connectivity index (χ1n) is 9.12. The first kappa shape index (κ1) is 17.5. The molecule has 0 atom stereocenters. The van der Waals surface area contributed by atoms with Crippen LogP contribution in [0, 0.1) is 0 Å². The number of carboxylic acid groups (broad SMARTS) is 1.